The second-order valence-corrected chi connectivity index (χ2v) is 6.30. The maximum Gasteiger partial charge on any atom is 0.220 e. The van der Waals surface area contributed by atoms with Gasteiger partial charge in [-0.25, -0.2) is 0 Å². The average Bonchev–Trinajstić information content (AvgIpc) is 3.09. The Kier molecular flexibility index (Phi) is 5.86. The summed E-state index contributed by atoms with van der Waals surface area (Å²) in [6.07, 6.45) is 5.02. The summed E-state index contributed by atoms with van der Waals surface area (Å²) in [6, 6.07) is 4.38. The molecule has 3 nitrogen and oxygen atoms in total. The third kappa shape index (κ3) is 4.62. The monoisotopic (exact) mass is 280 g/mol. The molecule has 2 heterocycles. The number of carbonyl (C=O) groups is 1. The van der Waals surface area contributed by atoms with Crippen LogP contribution in [0.1, 0.15) is 49.9 Å². The fourth-order valence-corrected chi connectivity index (χ4v) is 3.44. The molecule has 0 spiro atoms. The first-order chi connectivity index (χ1) is 9.29. The highest BCUT2D eigenvalue weighted by Gasteiger charge is 2.18. The fourth-order valence-electron chi connectivity index (χ4n) is 2.63. The van der Waals surface area contributed by atoms with E-state index in [9.17, 15) is 4.79 Å². The van der Waals surface area contributed by atoms with E-state index in [2.05, 4.69) is 35.1 Å². The summed E-state index contributed by atoms with van der Waals surface area (Å²) in [5, 5.41) is 8.62. The van der Waals surface area contributed by atoms with E-state index in [1.165, 1.54) is 11.3 Å². The zero-order chi connectivity index (χ0) is 13.5. The molecule has 1 aliphatic rings. The van der Waals surface area contributed by atoms with Crippen LogP contribution in [0.2, 0.25) is 0 Å². The minimum absolute atomic E-state index is 0.207. The lowest BCUT2D eigenvalue weighted by Gasteiger charge is -2.17. The predicted octanol–water partition coefficient (Wildman–Crippen LogP) is 3.10. The van der Waals surface area contributed by atoms with E-state index >= 15 is 0 Å². The smallest absolute Gasteiger partial charge is 0.220 e. The highest BCUT2D eigenvalue weighted by atomic mass is 32.1. The molecule has 1 saturated heterocycles. The van der Waals surface area contributed by atoms with Gasteiger partial charge in [-0.15, -0.1) is 11.3 Å². The molecular formula is C15H24N2OS. The van der Waals surface area contributed by atoms with Crippen molar-refractivity contribution in [3.8, 4) is 0 Å². The van der Waals surface area contributed by atoms with Gasteiger partial charge in [-0.1, -0.05) is 19.4 Å². The molecule has 0 aromatic carbocycles. The summed E-state index contributed by atoms with van der Waals surface area (Å²) in [5.74, 6) is 0.899. The van der Waals surface area contributed by atoms with Crippen LogP contribution in [0.5, 0.6) is 0 Å². The molecule has 1 fully saturated rings. The average molecular weight is 280 g/mol. The Labute approximate surface area is 119 Å². The van der Waals surface area contributed by atoms with E-state index in [0.29, 0.717) is 12.3 Å². The van der Waals surface area contributed by atoms with Crippen LogP contribution >= 0.6 is 11.3 Å². The molecule has 2 atom stereocenters. The number of amides is 1. The van der Waals surface area contributed by atoms with Gasteiger partial charge in [-0.05, 0) is 49.7 Å². The Balaban J connectivity index is 1.77. The van der Waals surface area contributed by atoms with Crippen molar-refractivity contribution in [1.82, 2.24) is 10.6 Å². The van der Waals surface area contributed by atoms with Gasteiger partial charge in [0.05, 0.1) is 6.04 Å². The van der Waals surface area contributed by atoms with Gasteiger partial charge in [0, 0.05) is 11.3 Å². The molecule has 2 N–H and O–H groups in total. The van der Waals surface area contributed by atoms with Crippen molar-refractivity contribution < 1.29 is 4.79 Å². The van der Waals surface area contributed by atoms with Gasteiger partial charge >= 0.3 is 0 Å². The van der Waals surface area contributed by atoms with Gasteiger partial charge in [0.2, 0.25) is 5.91 Å². The summed E-state index contributed by atoms with van der Waals surface area (Å²) in [5.41, 5.74) is 0. The minimum atomic E-state index is 0.207. The zero-order valence-electron chi connectivity index (χ0n) is 11.7. The Hall–Kier alpha value is -0.870. The van der Waals surface area contributed by atoms with Crippen LogP contribution in [-0.2, 0) is 4.79 Å². The lowest BCUT2D eigenvalue weighted by Crippen LogP contribution is -2.28. The van der Waals surface area contributed by atoms with E-state index in [1.807, 2.05) is 0 Å². The maximum atomic E-state index is 12.1. The Morgan fingerprint density at radius 3 is 3.16 bits per heavy atom. The Bertz CT molecular complexity index is 372. The summed E-state index contributed by atoms with van der Waals surface area (Å²) in [6.45, 7) is 4.35. The van der Waals surface area contributed by atoms with Crippen molar-refractivity contribution in [1.29, 1.82) is 0 Å². The van der Waals surface area contributed by atoms with Crippen molar-refractivity contribution in [2.45, 2.75) is 45.1 Å². The second-order valence-electron chi connectivity index (χ2n) is 5.32. The fraction of sp³-hybridized carbons (Fsp3) is 0.667. The molecule has 19 heavy (non-hydrogen) atoms. The first-order valence-corrected chi connectivity index (χ1v) is 8.21. The highest BCUT2D eigenvalue weighted by molar-refractivity contribution is 7.10. The van der Waals surface area contributed by atoms with Gasteiger partial charge in [-0.3, -0.25) is 4.79 Å². The molecule has 0 radical (unpaired) electrons. The number of rotatable bonds is 7. The van der Waals surface area contributed by atoms with E-state index in [4.69, 9.17) is 0 Å². The maximum absolute atomic E-state index is 12.1. The molecule has 1 amide bonds. The molecule has 0 bridgehead atoms. The van der Waals surface area contributed by atoms with Crippen molar-refractivity contribution in [3.05, 3.63) is 22.4 Å². The molecule has 1 aromatic heterocycles. The van der Waals surface area contributed by atoms with E-state index in [1.54, 1.807) is 11.3 Å². The number of hydrogen-bond acceptors (Lipinski definition) is 3. The minimum Gasteiger partial charge on any atom is -0.348 e. The first-order valence-electron chi connectivity index (χ1n) is 7.33. The molecule has 1 aromatic rings. The first kappa shape index (κ1) is 14.5. The van der Waals surface area contributed by atoms with Gasteiger partial charge in [0.1, 0.15) is 0 Å². The number of carbonyl (C=O) groups excluding carboxylic acids is 1. The van der Waals surface area contributed by atoms with Crippen LogP contribution in [0.25, 0.3) is 0 Å². The zero-order valence-corrected chi connectivity index (χ0v) is 12.5. The van der Waals surface area contributed by atoms with Gasteiger partial charge in [0.15, 0.2) is 0 Å². The third-order valence-electron chi connectivity index (χ3n) is 3.74. The highest BCUT2D eigenvalue weighted by Crippen LogP contribution is 2.23. The normalized spacial score (nSPS) is 20.4. The molecule has 4 heteroatoms. The van der Waals surface area contributed by atoms with Crippen molar-refractivity contribution in [2.75, 3.05) is 13.1 Å². The van der Waals surface area contributed by atoms with Crippen LogP contribution in [0, 0.1) is 5.92 Å². The van der Waals surface area contributed by atoms with E-state index in [-0.39, 0.29) is 11.9 Å². The van der Waals surface area contributed by atoms with Gasteiger partial charge in [0.25, 0.3) is 0 Å². The van der Waals surface area contributed by atoms with Crippen LogP contribution in [0.3, 0.4) is 0 Å². The van der Waals surface area contributed by atoms with Crippen molar-refractivity contribution in [3.63, 3.8) is 0 Å². The standard InChI is InChI=1S/C15H24N2OS/c1-2-4-13(14-5-3-10-19-14)17-15(18)7-6-12-8-9-16-11-12/h3,5,10,12-13,16H,2,4,6-9,11H2,1H3,(H,17,18). The van der Waals surface area contributed by atoms with Crippen LogP contribution < -0.4 is 10.6 Å². The molecule has 0 aliphatic carbocycles. The van der Waals surface area contributed by atoms with Crippen molar-refractivity contribution in [2.24, 2.45) is 5.92 Å². The van der Waals surface area contributed by atoms with Crippen molar-refractivity contribution >= 4 is 17.2 Å². The molecule has 1 aliphatic heterocycles. The number of thiophene rings is 1. The van der Waals surface area contributed by atoms with Gasteiger partial charge in [-0.2, -0.15) is 0 Å². The molecule has 2 rings (SSSR count). The molecular weight excluding hydrogens is 256 g/mol. The lowest BCUT2D eigenvalue weighted by atomic mass is 10.0. The molecule has 106 valence electrons. The number of nitrogens with one attached hydrogen (secondary N) is 2. The quantitative estimate of drug-likeness (QED) is 0.806. The van der Waals surface area contributed by atoms with Gasteiger partial charge < -0.3 is 10.6 Å². The Morgan fingerprint density at radius 2 is 2.53 bits per heavy atom. The largest absolute Gasteiger partial charge is 0.348 e. The topological polar surface area (TPSA) is 41.1 Å². The van der Waals surface area contributed by atoms with Crippen LogP contribution in [0.4, 0.5) is 0 Å². The van der Waals surface area contributed by atoms with E-state index in [0.717, 1.165) is 32.4 Å². The SMILES string of the molecule is CCCC(NC(=O)CCC1CCNC1)c1cccs1. The summed E-state index contributed by atoms with van der Waals surface area (Å²) >= 11 is 1.73. The molecule has 2 unspecified atom stereocenters. The lowest BCUT2D eigenvalue weighted by molar-refractivity contribution is -0.122. The predicted molar refractivity (Wildman–Crippen MR) is 80.3 cm³/mol. The third-order valence-corrected chi connectivity index (χ3v) is 4.73. The summed E-state index contributed by atoms with van der Waals surface area (Å²) < 4.78 is 0. The summed E-state index contributed by atoms with van der Waals surface area (Å²) in [4.78, 5) is 13.3. The van der Waals surface area contributed by atoms with E-state index < -0.39 is 0 Å². The Morgan fingerprint density at radius 1 is 1.63 bits per heavy atom. The molecule has 0 saturated carbocycles. The van der Waals surface area contributed by atoms with Crippen LogP contribution in [-0.4, -0.2) is 19.0 Å². The number of hydrogen-bond donors (Lipinski definition) is 2. The second kappa shape index (κ2) is 7.65. The van der Waals surface area contributed by atoms with Crippen LogP contribution in [0.15, 0.2) is 17.5 Å². The summed E-state index contributed by atoms with van der Waals surface area (Å²) in [7, 11) is 0.